The molecule has 0 aliphatic carbocycles. The van der Waals surface area contributed by atoms with Crippen LogP contribution < -0.4 is 15.3 Å². The Hall–Kier alpha value is -3.59. The number of aromatic nitrogens is 2. The maximum atomic E-state index is 11.3. The molecule has 0 aliphatic heterocycles. The van der Waals surface area contributed by atoms with Crippen LogP contribution >= 0.6 is 0 Å². The molecule has 0 saturated heterocycles. The van der Waals surface area contributed by atoms with Gasteiger partial charge in [0, 0.05) is 11.4 Å². The molecule has 0 bridgehead atoms. The quantitative estimate of drug-likeness (QED) is 0.305. The molecule has 5 aromatic rings. The van der Waals surface area contributed by atoms with Crippen LogP contribution in [0.5, 0.6) is 17.2 Å². The van der Waals surface area contributed by atoms with Gasteiger partial charge in [0.15, 0.2) is 0 Å². The molecule has 5 nitrogen and oxygen atoms in total. The van der Waals surface area contributed by atoms with E-state index in [-0.39, 0.29) is 34.6 Å². The number of fused-ring (bicyclic) bond motifs is 2. The van der Waals surface area contributed by atoms with E-state index in [0.717, 1.165) is 38.9 Å². The number of aryl methyl sites for hydroxylation is 5. The largest absolute Gasteiger partial charge is 3.00 e. The molecule has 0 unspecified atom stereocenters. The molecular weight excluding hydrogens is 451 g/mol. The van der Waals surface area contributed by atoms with Gasteiger partial charge in [-0.05, 0) is 57.5 Å². The van der Waals surface area contributed by atoms with E-state index in [9.17, 15) is 15.3 Å². The minimum atomic E-state index is -0.00352. The summed E-state index contributed by atoms with van der Waals surface area (Å²) in [4.78, 5) is 8.33. The van der Waals surface area contributed by atoms with E-state index in [2.05, 4.69) is 9.97 Å². The molecule has 0 amide bonds. The zero-order chi connectivity index (χ0) is 24.8. The van der Waals surface area contributed by atoms with Crippen molar-refractivity contribution in [3.05, 3.63) is 101 Å². The second kappa shape index (κ2) is 12.2. The first-order chi connectivity index (χ1) is 16.2. The van der Waals surface area contributed by atoms with Gasteiger partial charge in [-0.25, -0.2) is 0 Å². The fraction of sp³-hybridized carbons (Fsp3) is 0.172. The summed E-state index contributed by atoms with van der Waals surface area (Å²) in [6.07, 6.45) is 0. The first kappa shape index (κ1) is 27.7. The minimum absolute atomic E-state index is 0. The number of pyridine rings is 2. The Bertz CT molecular complexity index is 1350. The van der Waals surface area contributed by atoms with Gasteiger partial charge in [0.2, 0.25) is 0 Å². The Balaban J connectivity index is 0.000000184. The fourth-order valence-electron chi connectivity index (χ4n) is 3.60. The number of hydrogen-bond acceptors (Lipinski definition) is 5. The van der Waals surface area contributed by atoms with Crippen LogP contribution in [0.25, 0.3) is 21.8 Å². The predicted molar refractivity (Wildman–Crippen MR) is 138 cm³/mol. The summed E-state index contributed by atoms with van der Waals surface area (Å²) in [5.41, 5.74) is 5.75. The van der Waals surface area contributed by atoms with Crippen molar-refractivity contribution in [2.24, 2.45) is 0 Å². The molecule has 174 valence electrons. The fourth-order valence-corrected chi connectivity index (χ4v) is 3.60. The third-order valence-electron chi connectivity index (χ3n) is 5.25. The Morgan fingerprint density at radius 2 is 0.943 bits per heavy atom. The van der Waals surface area contributed by atoms with E-state index < -0.39 is 0 Å². The number of nitrogens with zero attached hydrogens (tertiary/aromatic N) is 2. The van der Waals surface area contributed by atoms with Crippen LogP contribution in [0, 0.1) is 34.6 Å². The van der Waals surface area contributed by atoms with Crippen LogP contribution in [-0.4, -0.2) is 27.3 Å². The summed E-state index contributed by atoms with van der Waals surface area (Å²) in [6.45, 7) is 9.46. The smallest absolute Gasteiger partial charge is 0.872 e. The molecule has 35 heavy (non-hydrogen) atoms. The van der Waals surface area contributed by atoms with Crippen LogP contribution in [0.3, 0.4) is 0 Å². The van der Waals surface area contributed by atoms with Gasteiger partial charge in [-0.1, -0.05) is 88.9 Å². The van der Waals surface area contributed by atoms with Crippen LogP contribution in [0.15, 0.2) is 72.8 Å². The summed E-state index contributed by atoms with van der Waals surface area (Å²) >= 11 is 0. The van der Waals surface area contributed by atoms with Gasteiger partial charge < -0.3 is 15.3 Å². The molecule has 0 radical (unpaired) electrons. The van der Waals surface area contributed by atoms with Crippen molar-refractivity contribution in [1.82, 2.24) is 9.97 Å². The molecule has 2 aromatic heterocycles. The predicted octanol–water partition coefficient (Wildman–Crippen LogP) is 4.54. The molecule has 0 atom stereocenters. The van der Waals surface area contributed by atoms with Crippen molar-refractivity contribution in [3.63, 3.8) is 0 Å². The maximum Gasteiger partial charge on any atom is 3.00 e. The first-order valence-corrected chi connectivity index (χ1v) is 11.0. The molecule has 5 rings (SSSR count). The zero-order valence-electron chi connectivity index (χ0n) is 20.6. The minimum Gasteiger partial charge on any atom is -0.872 e. The molecule has 0 aliphatic rings. The monoisotopic (exact) mass is 478 g/mol. The summed E-state index contributed by atoms with van der Waals surface area (Å²) in [5.74, 6) is 0.165. The molecule has 0 spiro atoms. The van der Waals surface area contributed by atoms with Crippen molar-refractivity contribution in [3.8, 4) is 17.2 Å². The van der Waals surface area contributed by atoms with E-state index in [1.165, 1.54) is 12.1 Å². The van der Waals surface area contributed by atoms with Crippen molar-refractivity contribution in [1.29, 1.82) is 0 Å². The Morgan fingerprint density at radius 1 is 0.543 bits per heavy atom. The Morgan fingerprint density at radius 3 is 1.34 bits per heavy atom. The van der Waals surface area contributed by atoms with E-state index in [1.807, 2.05) is 83.1 Å². The van der Waals surface area contributed by atoms with Gasteiger partial charge in [0.25, 0.3) is 0 Å². The van der Waals surface area contributed by atoms with Crippen molar-refractivity contribution >= 4 is 39.2 Å². The Labute approximate surface area is 216 Å². The average Bonchev–Trinajstić information content (AvgIpc) is 2.79. The van der Waals surface area contributed by atoms with Gasteiger partial charge in [-0.2, -0.15) is 0 Å². The van der Waals surface area contributed by atoms with E-state index >= 15 is 0 Å². The molecule has 0 N–H and O–H groups in total. The Kier molecular flexibility index (Phi) is 9.65. The molecule has 6 heteroatoms. The SMILES string of the molecule is Cc1cc(C)c([O-])c(C)c1.Cc1ccc2cccc([O-])c2n1.Cc1ccc2cccc([O-])c2n1.[Al+3]. The first-order valence-electron chi connectivity index (χ1n) is 11.0. The number of para-hydroxylation sites is 2. The van der Waals surface area contributed by atoms with Crippen LogP contribution in [0.2, 0.25) is 0 Å². The number of rotatable bonds is 0. The van der Waals surface area contributed by atoms with Crippen molar-refractivity contribution < 1.29 is 15.3 Å². The van der Waals surface area contributed by atoms with Crippen LogP contribution in [0.1, 0.15) is 28.1 Å². The zero-order valence-corrected chi connectivity index (χ0v) is 21.8. The topological polar surface area (TPSA) is 95.0 Å². The van der Waals surface area contributed by atoms with Crippen molar-refractivity contribution in [2.75, 3.05) is 0 Å². The summed E-state index contributed by atoms with van der Waals surface area (Å²) in [7, 11) is 0. The summed E-state index contributed by atoms with van der Waals surface area (Å²) < 4.78 is 0. The van der Waals surface area contributed by atoms with E-state index in [4.69, 9.17) is 0 Å². The molecule has 2 heterocycles. The van der Waals surface area contributed by atoms with Gasteiger partial charge in [0.1, 0.15) is 0 Å². The number of hydrogen-bond donors (Lipinski definition) is 0. The second-order valence-electron chi connectivity index (χ2n) is 8.29. The maximum absolute atomic E-state index is 11.3. The van der Waals surface area contributed by atoms with Crippen LogP contribution in [-0.2, 0) is 0 Å². The number of benzene rings is 3. The standard InChI is InChI=1S/2C10H9NO.C9H12O.Al/c2*1-7-5-6-8-3-2-4-9(12)10(8)11-7;1-6-4-7(2)9(10)8(3)5-6;/h2*2-6,12H,1H3;4-5,10H,1-3H3;/q;;;+3/p-3. The van der Waals surface area contributed by atoms with Crippen LogP contribution in [0.4, 0.5) is 0 Å². The van der Waals surface area contributed by atoms with Crippen molar-refractivity contribution in [2.45, 2.75) is 34.6 Å². The normalized spacial score (nSPS) is 9.97. The molecule has 3 aromatic carbocycles. The molecule has 0 fully saturated rings. The second-order valence-corrected chi connectivity index (χ2v) is 8.29. The average molecular weight is 479 g/mol. The third-order valence-corrected chi connectivity index (χ3v) is 5.25. The van der Waals surface area contributed by atoms with E-state index in [0.29, 0.717) is 11.0 Å². The summed E-state index contributed by atoms with van der Waals surface area (Å²) in [5, 5.41) is 35.5. The van der Waals surface area contributed by atoms with Gasteiger partial charge in [-0.15, -0.1) is 5.75 Å². The van der Waals surface area contributed by atoms with Gasteiger partial charge in [0.05, 0.1) is 11.0 Å². The molecular formula is C29H27AlN2O3. The van der Waals surface area contributed by atoms with E-state index in [1.54, 1.807) is 12.1 Å². The summed E-state index contributed by atoms with van der Waals surface area (Å²) in [6, 6.07) is 21.8. The van der Waals surface area contributed by atoms with Gasteiger partial charge in [-0.3, -0.25) is 9.97 Å². The van der Waals surface area contributed by atoms with Gasteiger partial charge >= 0.3 is 17.4 Å². The molecule has 0 saturated carbocycles. The third kappa shape index (κ3) is 7.20.